The van der Waals surface area contributed by atoms with Gasteiger partial charge in [0.05, 0.1) is 18.2 Å². The van der Waals surface area contributed by atoms with Crippen molar-refractivity contribution in [1.82, 2.24) is 9.88 Å². The summed E-state index contributed by atoms with van der Waals surface area (Å²) >= 11 is 0. The number of carboxylic acids is 1. The van der Waals surface area contributed by atoms with Gasteiger partial charge in [0, 0.05) is 32.0 Å². The number of carboxylic acid groups (broad SMARTS) is 1. The molecule has 0 unspecified atom stereocenters. The first-order chi connectivity index (χ1) is 16.4. The van der Waals surface area contributed by atoms with E-state index >= 15 is 0 Å². The van der Waals surface area contributed by atoms with Gasteiger partial charge in [0.15, 0.2) is 0 Å². The maximum Gasteiger partial charge on any atom is 0.308 e. The van der Waals surface area contributed by atoms with E-state index in [4.69, 9.17) is 9.15 Å². The molecule has 0 bridgehead atoms. The molecular formula is C27H30N2O5. The summed E-state index contributed by atoms with van der Waals surface area (Å²) in [6, 6.07) is 17.7. The lowest BCUT2D eigenvalue weighted by Crippen LogP contribution is -2.27. The summed E-state index contributed by atoms with van der Waals surface area (Å²) in [6.07, 6.45) is 2.14. The highest BCUT2D eigenvalue weighted by atomic mass is 16.5. The van der Waals surface area contributed by atoms with Gasteiger partial charge >= 0.3 is 5.97 Å². The average Bonchev–Trinajstić information content (AvgIpc) is 3.43. The van der Waals surface area contributed by atoms with Gasteiger partial charge in [-0.1, -0.05) is 30.3 Å². The number of rotatable bonds is 9. The highest BCUT2D eigenvalue weighted by Gasteiger charge is 2.38. The normalized spacial score (nSPS) is 17.6. The van der Waals surface area contributed by atoms with Gasteiger partial charge in [-0.15, -0.1) is 0 Å². The van der Waals surface area contributed by atoms with E-state index in [1.54, 1.807) is 4.90 Å². The highest BCUT2D eigenvalue weighted by molar-refractivity contribution is 5.77. The summed E-state index contributed by atoms with van der Waals surface area (Å²) < 4.78 is 11.7. The zero-order chi connectivity index (χ0) is 24.1. The standard InChI is InChI=1S/C27H30N2O5/c1-18-25(28-26(34-18)21-6-4-3-5-7-21)14-15-33-23-12-9-20(10-13-23)8-11-22-16-29(19(2)30)17-24(22)27(31)32/h3-7,9-10,12-13,22,24H,8,11,14-17H2,1-2H3,(H,31,32)/t22-,24+/m1/s1. The molecule has 1 fully saturated rings. The van der Waals surface area contributed by atoms with E-state index in [1.165, 1.54) is 6.92 Å². The number of amides is 1. The topological polar surface area (TPSA) is 92.9 Å². The van der Waals surface area contributed by atoms with Crippen LogP contribution in [0.15, 0.2) is 59.0 Å². The molecule has 1 aliphatic rings. The van der Waals surface area contributed by atoms with Gasteiger partial charge in [0.2, 0.25) is 11.8 Å². The van der Waals surface area contributed by atoms with Crippen LogP contribution in [0.2, 0.25) is 0 Å². The number of likely N-dealkylation sites (tertiary alicyclic amines) is 1. The van der Waals surface area contributed by atoms with Crippen LogP contribution in [0, 0.1) is 18.8 Å². The Balaban J connectivity index is 1.26. The van der Waals surface area contributed by atoms with E-state index in [2.05, 4.69) is 4.98 Å². The molecule has 178 valence electrons. The average molecular weight is 463 g/mol. The Morgan fingerprint density at radius 3 is 2.50 bits per heavy atom. The molecule has 0 aliphatic carbocycles. The molecule has 2 atom stereocenters. The van der Waals surface area contributed by atoms with Crippen molar-refractivity contribution in [1.29, 1.82) is 0 Å². The maximum absolute atomic E-state index is 11.6. The van der Waals surface area contributed by atoms with E-state index in [0.717, 1.165) is 41.2 Å². The summed E-state index contributed by atoms with van der Waals surface area (Å²) in [4.78, 5) is 29.5. The molecule has 3 aromatic rings. The number of hydrogen-bond acceptors (Lipinski definition) is 5. The molecule has 0 saturated carbocycles. The van der Waals surface area contributed by atoms with E-state index < -0.39 is 11.9 Å². The number of carbonyl (C=O) groups excluding carboxylic acids is 1. The largest absolute Gasteiger partial charge is 0.493 e. The van der Waals surface area contributed by atoms with Crippen LogP contribution >= 0.6 is 0 Å². The number of oxazole rings is 1. The maximum atomic E-state index is 11.6. The molecule has 4 rings (SSSR count). The monoisotopic (exact) mass is 462 g/mol. The minimum absolute atomic E-state index is 0.0243. The second-order valence-electron chi connectivity index (χ2n) is 8.80. The molecule has 2 heterocycles. The van der Waals surface area contributed by atoms with Crippen LogP contribution in [0.1, 0.15) is 30.4 Å². The smallest absolute Gasteiger partial charge is 0.308 e. The molecule has 1 saturated heterocycles. The SMILES string of the molecule is CC(=O)N1C[C@@H](CCc2ccc(OCCc3nc(-c4ccccc4)oc3C)cc2)[C@@H](C(=O)O)C1. The number of hydrogen-bond donors (Lipinski definition) is 1. The van der Waals surface area contributed by atoms with Crippen LogP contribution in [0.5, 0.6) is 5.75 Å². The summed E-state index contributed by atoms with van der Waals surface area (Å²) in [7, 11) is 0. The molecule has 1 aromatic heterocycles. The summed E-state index contributed by atoms with van der Waals surface area (Å²) in [5.74, 6) is 0.796. The molecule has 0 spiro atoms. The summed E-state index contributed by atoms with van der Waals surface area (Å²) in [6.45, 7) is 4.72. The number of nitrogens with zero attached hydrogens (tertiary/aromatic N) is 2. The van der Waals surface area contributed by atoms with Crippen LogP contribution in [0.4, 0.5) is 0 Å². The Bertz CT molecular complexity index is 1120. The lowest BCUT2D eigenvalue weighted by molar-refractivity contribution is -0.142. The number of aromatic nitrogens is 1. The Morgan fingerprint density at radius 1 is 1.09 bits per heavy atom. The van der Waals surface area contributed by atoms with Crippen LogP contribution in [0.25, 0.3) is 11.5 Å². The molecule has 7 nitrogen and oxygen atoms in total. The van der Waals surface area contributed by atoms with Gasteiger partial charge in [0.1, 0.15) is 11.5 Å². The van der Waals surface area contributed by atoms with Crippen molar-refractivity contribution in [3.05, 3.63) is 71.6 Å². The van der Waals surface area contributed by atoms with Crippen molar-refractivity contribution in [2.75, 3.05) is 19.7 Å². The zero-order valence-electron chi connectivity index (χ0n) is 19.6. The third-order valence-electron chi connectivity index (χ3n) is 6.45. The molecule has 2 aromatic carbocycles. The van der Waals surface area contributed by atoms with Crippen molar-refractivity contribution in [3.63, 3.8) is 0 Å². The molecule has 0 radical (unpaired) electrons. The van der Waals surface area contributed by atoms with Crippen LogP contribution < -0.4 is 4.74 Å². The van der Waals surface area contributed by atoms with E-state index in [0.29, 0.717) is 32.0 Å². The molecule has 1 amide bonds. The van der Waals surface area contributed by atoms with Crippen LogP contribution in [-0.2, 0) is 22.4 Å². The Kier molecular flexibility index (Phi) is 7.30. The highest BCUT2D eigenvalue weighted by Crippen LogP contribution is 2.28. The Labute approximate surface area is 199 Å². The quantitative estimate of drug-likeness (QED) is 0.507. The molecule has 34 heavy (non-hydrogen) atoms. The van der Waals surface area contributed by atoms with Crippen LogP contribution in [-0.4, -0.2) is 46.6 Å². The van der Waals surface area contributed by atoms with Crippen LogP contribution in [0.3, 0.4) is 0 Å². The fourth-order valence-electron chi connectivity index (χ4n) is 4.43. The number of ether oxygens (including phenoxy) is 1. The number of carbonyl (C=O) groups is 2. The van der Waals surface area contributed by atoms with Gasteiger partial charge in [-0.3, -0.25) is 9.59 Å². The predicted molar refractivity (Wildman–Crippen MR) is 128 cm³/mol. The fourth-order valence-corrected chi connectivity index (χ4v) is 4.43. The minimum Gasteiger partial charge on any atom is -0.493 e. The van der Waals surface area contributed by atoms with Crippen molar-refractivity contribution < 1.29 is 23.8 Å². The first kappa shape index (κ1) is 23.5. The Morgan fingerprint density at radius 2 is 1.82 bits per heavy atom. The van der Waals surface area contributed by atoms with E-state index in [-0.39, 0.29) is 11.8 Å². The number of aliphatic carboxylic acids is 1. The summed E-state index contributed by atoms with van der Waals surface area (Å²) in [5.41, 5.74) is 2.96. The minimum atomic E-state index is -0.823. The lowest BCUT2D eigenvalue weighted by atomic mass is 9.90. The molecule has 1 aliphatic heterocycles. The third kappa shape index (κ3) is 5.65. The molecular weight excluding hydrogens is 432 g/mol. The van der Waals surface area contributed by atoms with E-state index in [1.807, 2.05) is 61.5 Å². The Hall–Kier alpha value is -3.61. The van der Waals surface area contributed by atoms with Crippen molar-refractivity contribution in [2.24, 2.45) is 11.8 Å². The summed E-state index contributed by atoms with van der Waals surface area (Å²) in [5, 5.41) is 9.49. The fraction of sp³-hybridized carbons (Fsp3) is 0.370. The van der Waals surface area contributed by atoms with Crippen molar-refractivity contribution in [2.45, 2.75) is 33.1 Å². The third-order valence-corrected chi connectivity index (χ3v) is 6.45. The number of benzene rings is 2. The van der Waals surface area contributed by atoms with Gasteiger partial charge in [-0.2, -0.15) is 0 Å². The van der Waals surface area contributed by atoms with Gasteiger partial charge in [-0.05, 0) is 55.5 Å². The second-order valence-corrected chi connectivity index (χ2v) is 8.80. The number of aryl methyl sites for hydroxylation is 2. The van der Waals surface area contributed by atoms with Gasteiger partial charge < -0.3 is 19.2 Å². The lowest BCUT2D eigenvalue weighted by Gasteiger charge is -2.14. The van der Waals surface area contributed by atoms with Crippen molar-refractivity contribution in [3.8, 4) is 17.2 Å². The molecule has 1 N–H and O–H groups in total. The zero-order valence-corrected chi connectivity index (χ0v) is 19.6. The first-order valence-corrected chi connectivity index (χ1v) is 11.6. The predicted octanol–water partition coefficient (Wildman–Crippen LogP) is 4.38. The molecule has 7 heteroatoms. The first-order valence-electron chi connectivity index (χ1n) is 11.6. The second kappa shape index (κ2) is 10.5. The van der Waals surface area contributed by atoms with E-state index in [9.17, 15) is 14.7 Å². The van der Waals surface area contributed by atoms with Gasteiger partial charge in [-0.25, -0.2) is 4.98 Å². The van der Waals surface area contributed by atoms with Crippen molar-refractivity contribution >= 4 is 11.9 Å². The van der Waals surface area contributed by atoms with Gasteiger partial charge in [0.25, 0.3) is 0 Å².